The standard InChI is InChI=1S/C20H26O5.C10H10N2O2/c1-4-25-13-15-11-17(23-2)20(18(12-15)24-3)16-8-5-14(6-9-16)7-10-19(21)22;1-14-9-6-4-2-3-5-7(6)12-8(9)10(11)13/h5-6,8-9,11,18H,4,7,10,12-13H2,1-3H3,(H,21,22);2-5,9H,1H3,(H2,11,13). The third-order valence-electron chi connectivity index (χ3n) is 6.46. The second kappa shape index (κ2) is 14.4. The lowest BCUT2D eigenvalue weighted by atomic mass is 9.89. The van der Waals surface area contributed by atoms with Crippen molar-refractivity contribution in [1.82, 2.24) is 0 Å². The lowest BCUT2D eigenvalue weighted by Gasteiger charge is -2.27. The third kappa shape index (κ3) is 7.63. The molecule has 0 aromatic heterocycles. The molecule has 2 aromatic carbocycles. The van der Waals surface area contributed by atoms with E-state index in [0.717, 1.165) is 45.7 Å². The maximum Gasteiger partial charge on any atom is 0.303 e. The number of para-hydroxylation sites is 1. The summed E-state index contributed by atoms with van der Waals surface area (Å²) < 4.78 is 22.0. The molecule has 2 aromatic rings. The van der Waals surface area contributed by atoms with Crippen LogP contribution < -0.4 is 5.73 Å². The van der Waals surface area contributed by atoms with Crippen LogP contribution in [0.4, 0.5) is 5.69 Å². The van der Waals surface area contributed by atoms with Crippen LogP contribution in [0, 0.1) is 0 Å². The number of nitrogens with zero attached hydrogens (tertiary/aromatic N) is 1. The summed E-state index contributed by atoms with van der Waals surface area (Å²) in [5.74, 6) is -0.536. The molecule has 3 N–H and O–H groups in total. The summed E-state index contributed by atoms with van der Waals surface area (Å²) in [5.41, 5.74) is 11.3. The van der Waals surface area contributed by atoms with Crippen LogP contribution in [0.1, 0.15) is 42.6 Å². The third-order valence-corrected chi connectivity index (χ3v) is 6.46. The molecule has 0 radical (unpaired) electrons. The number of carbonyl (C=O) groups is 2. The van der Waals surface area contributed by atoms with Crippen molar-refractivity contribution >= 4 is 28.8 Å². The Hall–Kier alpha value is -3.79. The Morgan fingerprint density at radius 3 is 2.36 bits per heavy atom. The number of methoxy groups -OCH3 is 3. The minimum absolute atomic E-state index is 0.0970. The quantitative estimate of drug-likeness (QED) is 0.436. The zero-order chi connectivity index (χ0) is 28.4. The van der Waals surface area contributed by atoms with Gasteiger partial charge in [-0.15, -0.1) is 0 Å². The summed E-state index contributed by atoms with van der Waals surface area (Å²) in [4.78, 5) is 25.9. The molecule has 4 rings (SSSR count). The number of primary amides is 1. The number of aryl methyl sites for hydroxylation is 1. The van der Waals surface area contributed by atoms with Crippen LogP contribution in [0.5, 0.6) is 0 Å². The van der Waals surface area contributed by atoms with Gasteiger partial charge in [-0.25, -0.2) is 4.99 Å². The molecule has 2 aliphatic rings. The lowest BCUT2D eigenvalue weighted by Crippen LogP contribution is -2.27. The number of carboxylic acids is 1. The van der Waals surface area contributed by atoms with Gasteiger partial charge >= 0.3 is 5.97 Å². The van der Waals surface area contributed by atoms with Gasteiger partial charge in [0, 0.05) is 44.8 Å². The maximum absolute atomic E-state index is 11.1. The van der Waals surface area contributed by atoms with Gasteiger partial charge in [-0.2, -0.15) is 0 Å². The van der Waals surface area contributed by atoms with Crippen molar-refractivity contribution in [3.05, 3.63) is 82.6 Å². The van der Waals surface area contributed by atoms with Crippen LogP contribution in [0.15, 0.2) is 70.9 Å². The van der Waals surface area contributed by atoms with Gasteiger partial charge in [-0.1, -0.05) is 42.5 Å². The molecule has 0 saturated heterocycles. The first-order valence-corrected chi connectivity index (χ1v) is 12.7. The summed E-state index contributed by atoms with van der Waals surface area (Å²) in [6.45, 7) is 3.22. The summed E-state index contributed by atoms with van der Waals surface area (Å²) in [7, 11) is 4.89. The number of nitrogens with two attached hydrogens (primary N) is 1. The van der Waals surface area contributed by atoms with Gasteiger partial charge in [0.1, 0.15) is 17.6 Å². The topological polar surface area (TPSA) is 130 Å². The van der Waals surface area contributed by atoms with Gasteiger partial charge < -0.3 is 29.8 Å². The van der Waals surface area contributed by atoms with Gasteiger partial charge in [0.2, 0.25) is 0 Å². The number of hydrogen-bond donors (Lipinski definition) is 2. The van der Waals surface area contributed by atoms with Gasteiger partial charge in [0.05, 0.1) is 25.5 Å². The first-order valence-electron chi connectivity index (χ1n) is 12.7. The molecular formula is C30H36N2O7. The zero-order valence-corrected chi connectivity index (χ0v) is 22.8. The number of aliphatic imine (C=N–C) groups is 1. The Morgan fingerprint density at radius 1 is 1.05 bits per heavy atom. The van der Waals surface area contributed by atoms with Crippen molar-refractivity contribution in [2.75, 3.05) is 34.5 Å². The summed E-state index contributed by atoms with van der Waals surface area (Å²) in [6.07, 6.45) is 2.94. The predicted octanol–water partition coefficient (Wildman–Crippen LogP) is 4.39. The molecule has 39 heavy (non-hydrogen) atoms. The predicted molar refractivity (Wildman–Crippen MR) is 149 cm³/mol. The normalized spacial score (nSPS) is 17.9. The molecule has 9 heteroatoms. The number of carboxylic acid groups (broad SMARTS) is 1. The average molecular weight is 537 g/mol. The number of hydrogen-bond acceptors (Lipinski definition) is 7. The molecule has 2 unspecified atom stereocenters. The first-order chi connectivity index (χ1) is 18.8. The van der Waals surface area contributed by atoms with Crippen LogP contribution in [0.3, 0.4) is 0 Å². The highest BCUT2D eigenvalue weighted by atomic mass is 16.5. The molecule has 2 atom stereocenters. The molecule has 0 saturated carbocycles. The Kier molecular flexibility index (Phi) is 11.0. The van der Waals surface area contributed by atoms with Crippen molar-refractivity contribution < 1.29 is 33.6 Å². The van der Waals surface area contributed by atoms with Gasteiger partial charge in [-0.05, 0) is 42.2 Å². The number of amides is 1. The molecule has 0 bridgehead atoms. The molecule has 208 valence electrons. The number of rotatable bonds is 11. The molecular weight excluding hydrogens is 500 g/mol. The number of allylic oxidation sites excluding steroid dienone is 1. The second-order valence-electron chi connectivity index (χ2n) is 8.98. The minimum Gasteiger partial charge on any atom is -0.496 e. The average Bonchev–Trinajstić information content (AvgIpc) is 3.34. The Labute approximate surface area is 228 Å². The molecule has 9 nitrogen and oxygen atoms in total. The van der Waals surface area contributed by atoms with E-state index in [2.05, 4.69) is 4.99 Å². The van der Waals surface area contributed by atoms with Gasteiger partial charge in [-0.3, -0.25) is 9.59 Å². The van der Waals surface area contributed by atoms with Crippen molar-refractivity contribution in [3.63, 3.8) is 0 Å². The van der Waals surface area contributed by atoms with E-state index >= 15 is 0 Å². The number of ether oxygens (including phenoxy) is 4. The summed E-state index contributed by atoms with van der Waals surface area (Å²) in [5, 5.41) is 8.80. The minimum atomic E-state index is -0.785. The molecule has 0 fully saturated rings. The maximum atomic E-state index is 11.1. The van der Waals surface area contributed by atoms with Crippen LogP contribution in [-0.2, 0) is 35.0 Å². The fraction of sp³-hybridized carbons (Fsp3) is 0.367. The van der Waals surface area contributed by atoms with E-state index in [-0.39, 0.29) is 18.2 Å². The molecule has 1 aliphatic heterocycles. The largest absolute Gasteiger partial charge is 0.496 e. The molecule has 1 aliphatic carbocycles. The SMILES string of the molecule is CCOCC1=CC(OC)=C(c2ccc(CCC(=O)O)cc2)C(OC)C1.COC1C(C(N)=O)=Nc2ccccc21. The zero-order valence-electron chi connectivity index (χ0n) is 22.8. The van der Waals surface area contributed by atoms with Crippen LogP contribution >= 0.6 is 0 Å². The van der Waals surface area contributed by atoms with Gasteiger partial charge in [0.25, 0.3) is 5.91 Å². The van der Waals surface area contributed by atoms with E-state index in [1.807, 2.05) is 61.5 Å². The fourth-order valence-electron chi connectivity index (χ4n) is 4.52. The van der Waals surface area contributed by atoms with E-state index in [1.165, 1.54) is 7.11 Å². The summed E-state index contributed by atoms with van der Waals surface area (Å²) in [6, 6.07) is 15.4. The first kappa shape index (κ1) is 29.8. The molecule has 1 amide bonds. The van der Waals surface area contributed by atoms with Crippen molar-refractivity contribution in [1.29, 1.82) is 0 Å². The lowest BCUT2D eigenvalue weighted by molar-refractivity contribution is -0.137. The van der Waals surface area contributed by atoms with E-state index in [0.29, 0.717) is 19.6 Å². The van der Waals surface area contributed by atoms with E-state index in [4.69, 9.17) is 29.8 Å². The fourth-order valence-corrected chi connectivity index (χ4v) is 4.52. The monoisotopic (exact) mass is 536 g/mol. The smallest absolute Gasteiger partial charge is 0.303 e. The number of fused-ring (bicyclic) bond motifs is 1. The second-order valence-corrected chi connectivity index (χ2v) is 8.98. The number of benzene rings is 2. The highest BCUT2D eigenvalue weighted by molar-refractivity contribution is 6.41. The Bertz CT molecular complexity index is 1250. The molecule has 1 heterocycles. The van der Waals surface area contributed by atoms with E-state index in [9.17, 15) is 9.59 Å². The molecule has 0 spiro atoms. The van der Waals surface area contributed by atoms with E-state index in [1.54, 1.807) is 14.2 Å². The summed E-state index contributed by atoms with van der Waals surface area (Å²) >= 11 is 0. The van der Waals surface area contributed by atoms with E-state index < -0.39 is 18.0 Å². The number of aliphatic carboxylic acids is 1. The van der Waals surface area contributed by atoms with Crippen molar-refractivity contribution in [3.8, 4) is 0 Å². The van der Waals surface area contributed by atoms with Crippen LogP contribution in [-0.4, -0.2) is 63.3 Å². The van der Waals surface area contributed by atoms with Gasteiger partial charge in [0.15, 0.2) is 0 Å². The Morgan fingerprint density at radius 2 is 1.77 bits per heavy atom. The highest BCUT2D eigenvalue weighted by Crippen LogP contribution is 2.36. The Balaban J connectivity index is 0.000000252. The van der Waals surface area contributed by atoms with Crippen molar-refractivity contribution in [2.45, 2.75) is 38.4 Å². The number of carbonyl (C=O) groups excluding carboxylic acids is 1. The van der Waals surface area contributed by atoms with Crippen molar-refractivity contribution in [2.24, 2.45) is 10.7 Å². The van der Waals surface area contributed by atoms with Crippen LogP contribution in [0.2, 0.25) is 0 Å². The van der Waals surface area contributed by atoms with Crippen LogP contribution in [0.25, 0.3) is 5.57 Å². The highest BCUT2D eigenvalue weighted by Gasteiger charge is 2.30.